The molecule has 0 bridgehead atoms. The lowest BCUT2D eigenvalue weighted by Gasteiger charge is -2.33. The number of rotatable bonds is 3. The molecule has 1 rings (SSSR count). The zero-order valence-corrected chi connectivity index (χ0v) is 8.63. The molecular formula is C8H14N2O2S. The number of nitrogens with one attached hydrogen (secondary N) is 1. The van der Waals surface area contributed by atoms with Gasteiger partial charge < -0.3 is 0 Å². The second-order valence-electron chi connectivity index (χ2n) is 3.71. The fourth-order valence-corrected chi connectivity index (χ4v) is 2.40. The molecule has 1 saturated carbocycles. The van der Waals surface area contributed by atoms with E-state index in [0.29, 0.717) is 5.92 Å². The quantitative estimate of drug-likeness (QED) is 0.729. The molecule has 1 aliphatic carbocycles. The molecule has 0 radical (unpaired) electrons. The van der Waals surface area contributed by atoms with Crippen molar-refractivity contribution in [2.24, 2.45) is 5.92 Å². The van der Waals surface area contributed by atoms with E-state index in [4.69, 9.17) is 5.26 Å². The number of hydrogen-bond acceptors (Lipinski definition) is 3. The van der Waals surface area contributed by atoms with Gasteiger partial charge in [0.05, 0.1) is 6.07 Å². The van der Waals surface area contributed by atoms with Crippen LogP contribution in [0.4, 0.5) is 0 Å². The van der Waals surface area contributed by atoms with Gasteiger partial charge in [-0.15, -0.1) is 0 Å². The Hall–Kier alpha value is -0.600. The summed E-state index contributed by atoms with van der Waals surface area (Å²) in [6.07, 6.45) is 1.77. The molecule has 0 saturated heterocycles. The first kappa shape index (κ1) is 10.5. The third-order valence-corrected chi connectivity index (χ3v) is 4.05. The van der Waals surface area contributed by atoms with Crippen LogP contribution < -0.4 is 4.72 Å². The molecule has 5 heteroatoms. The molecule has 1 atom stereocenters. The van der Waals surface area contributed by atoms with Crippen LogP contribution >= 0.6 is 0 Å². The Balaban J connectivity index is 2.50. The molecule has 1 fully saturated rings. The molecule has 0 aromatic heterocycles. The van der Waals surface area contributed by atoms with E-state index < -0.39 is 15.3 Å². The molecule has 0 aromatic carbocycles. The largest absolute Gasteiger partial charge is 0.227 e. The first-order chi connectivity index (χ1) is 5.95. The Morgan fingerprint density at radius 1 is 1.54 bits per heavy atom. The van der Waals surface area contributed by atoms with E-state index in [0.717, 1.165) is 12.8 Å². The Bertz CT molecular complexity index is 312. The highest BCUT2D eigenvalue weighted by Crippen LogP contribution is 2.27. The SMILES string of the molecule is CC1CC(NS(=O)(=O)C(C)C#N)C1. The van der Waals surface area contributed by atoms with Crippen LogP contribution in [-0.2, 0) is 10.0 Å². The summed E-state index contributed by atoms with van der Waals surface area (Å²) in [5.74, 6) is 0.602. The summed E-state index contributed by atoms with van der Waals surface area (Å²) in [4.78, 5) is 0. The lowest BCUT2D eigenvalue weighted by atomic mass is 9.83. The minimum absolute atomic E-state index is 0.0517. The Morgan fingerprint density at radius 2 is 2.08 bits per heavy atom. The lowest BCUT2D eigenvalue weighted by Crippen LogP contribution is -2.46. The fraction of sp³-hybridized carbons (Fsp3) is 0.875. The van der Waals surface area contributed by atoms with Gasteiger partial charge in [0.1, 0.15) is 0 Å². The zero-order chi connectivity index (χ0) is 10.1. The van der Waals surface area contributed by atoms with Gasteiger partial charge in [-0.2, -0.15) is 5.26 Å². The predicted octanol–water partition coefficient (Wildman–Crippen LogP) is 0.616. The third kappa shape index (κ3) is 2.42. The van der Waals surface area contributed by atoms with Gasteiger partial charge in [-0.1, -0.05) is 6.92 Å². The maximum Gasteiger partial charge on any atom is 0.227 e. The van der Waals surface area contributed by atoms with Gasteiger partial charge in [0.25, 0.3) is 0 Å². The van der Waals surface area contributed by atoms with Crippen LogP contribution in [0.15, 0.2) is 0 Å². The summed E-state index contributed by atoms with van der Waals surface area (Å²) >= 11 is 0. The Kier molecular flexibility index (Phi) is 2.94. The summed E-state index contributed by atoms with van der Waals surface area (Å²) in [6.45, 7) is 3.48. The first-order valence-electron chi connectivity index (χ1n) is 4.36. The van der Waals surface area contributed by atoms with Crippen molar-refractivity contribution in [3.8, 4) is 6.07 Å². The Morgan fingerprint density at radius 3 is 2.46 bits per heavy atom. The molecule has 0 heterocycles. The first-order valence-corrected chi connectivity index (χ1v) is 5.91. The number of hydrogen-bond donors (Lipinski definition) is 1. The standard InChI is InChI=1S/C8H14N2O2S/c1-6-3-8(4-6)10-13(11,12)7(2)5-9/h6-8,10H,3-4H2,1-2H3. The molecule has 0 spiro atoms. The molecule has 4 nitrogen and oxygen atoms in total. The van der Waals surface area contributed by atoms with Crippen LogP contribution in [0.5, 0.6) is 0 Å². The molecule has 0 aliphatic heterocycles. The predicted molar refractivity (Wildman–Crippen MR) is 49.3 cm³/mol. The van der Waals surface area contributed by atoms with Crippen LogP contribution in [0, 0.1) is 17.2 Å². The van der Waals surface area contributed by atoms with Crippen molar-refractivity contribution < 1.29 is 8.42 Å². The van der Waals surface area contributed by atoms with Crippen molar-refractivity contribution in [1.82, 2.24) is 4.72 Å². The van der Waals surface area contributed by atoms with Crippen molar-refractivity contribution in [1.29, 1.82) is 5.26 Å². The second kappa shape index (κ2) is 3.64. The number of sulfonamides is 1. The third-order valence-electron chi connectivity index (χ3n) is 2.35. The molecule has 1 aliphatic rings. The normalized spacial score (nSPS) is 30.2. The van der Waals surface area contributed by atoms with E-state index in [-0.39, 0.29) is 6.04 Å². The van der Waals surface area contributed by atoms with Crippen LogP contribution in [0.1, 0.15) is 26.7 Å². The van der Waals surface area contributed by atoms with Crippen LogP contribution in [-0.4, -0.2) is 19.7 Å². The molecule has 0 amide bonds. The summed E-state index contributed by atoms with van der Waals surface area (Å²) in [5.41, 5.74) is 0. The maximum absolute atomic E-state index is 11.3. The van der Waals surface area contributed by atoms with E-state index >= 15 is 0 Å². The number of nitriles is 1. The van der Waals surface area contributed by atoms with Gasteiger partial charge in [0, 0.05) is 6.04 Å². The van der Waals surface area contributed by atoms with Gasteiger partial charge >= 0.3 is 0 Å². The summed E-state index contributed by atoms with van der Waals surface area (Å²) in [6, 6.07) is 1.77. The Labute approximate surface area is 79.0 Å². The molecule has 13 heavy (non-hydrogen) atoms. The van der Waals surface area contributed by atoms with E-state index in [2.05, 4.69) is 11.6 Å². The van der Waals surface area contributed by atoms with Crippen LogP contribution in [0.25, 0.3) is 0 Å². The van der Waals surface area contributed by atoms with Crippen LogP contribution in [0.2, 0.25) is 0 Å². The second-order valence-corrected chi connectivity index (χ2v) is 5.74. The molecule has 1 unspecified atom stereocenters. The van der Waals surface area contributed by atoms with E-state index in [1.807, 2.05) is 0 Å². The zero-order valence-electron chi connectivity index (χ0n) is 7.82. The smallest absolute Gasteiger partial charge is 0.211 e. The lowest BCUT2D eigenvalue weighted by molar-refractivity contribution is 0.270. The minimum Gasteiger partial charge on any atom is -0.211 e. The highest BCUT2D eigenvalue weighted by atomic mass is 32.2. The van der Waals surface area contributed by atoms with Crippen molar-refractivity contribution in [3.63, 3.8) is 0 Å². The van der Waals surface area contributed by atoms with Gasteiger partial charge in [0.2, 0.25) is 10.0 Å². The molecule has 0 aromatic rings. The van der Waals surface area contributed by atoms with Crippen molar-refractivity contribution in [2.45, 2.75) is 38.0 Å². The molecular weight excluding hydrogens is 188 g/mol. The highest BCUT2D eigenvalue weighted by molar-refractivity contribution is 7.90. The monoisotopic (exact) mass is 202 g/mol. The molecule has 1 N–H and O–H groups in total. The average Bonchev–Trinajstić information content (AvgIpc) is 1.99. The maximum atomic E-state index is 11.3. The van der Waals surface area contributed by atoms with Gasteiger partial charge in [-0.3, -0.25) is 0 Å². The van der Waals surface area contributed by atoms with E-state index in [1.165, 1.54) is 6.92 Å². The van der Waals surface area contributed by atoms with E-state index in [9.17, 15) is 8.42 Å². The van der Waals surface area contributed by atoms with Crippen molar-refractivity contribution in [3.05, 3.63) is 0 Å². The van der Waals surface area contributed by atoms with Gasteiger partial charge in [0.15, 0.2) is 5.25 Å². The summed E-state index contributed by atoms with van der Waals surface area (Å²) < 4.78 is 25.2. The fourth-order valence-electron chi connectivity index (χ4n) is 1.40. The van der Waals surface area contributed by atoms with Crippen LogP contribution in [0.3, 0.4) is 0 Å². The average molecular weight is 202 g/mol. The van der Waals surface area contributed by atoms with Crippen molar-refractivity contribution >= 4 is 10.0 Å². The topological polar surface area (TPSA) is 70.0 Å². The summed E-state index contributed by atoms with van der Waals surface area (Å²) in [5, 5.41) is 7.50. The van der Waals surface area contributed by atoms with Crippen molar-refractivity contribution in [2.75, 3.05) is 0 Å². The summed E-state index contributed by atoms with van der Waals surface area (Å²) in [7, 11) is -3.40. The minimum atomic E-state index is -3.40. The van der Waals surface area contributed by atoms with Gasteiger partial charge in [-0.25, -0.2) is 13.1 Å². The number of nitrogens with zero attached hydrogens (tertiary/aromatic N) is 1. The highest BCUT2D eigenvalue weighted by Gasteiger charge is 2.31. The van der Waals surface area contributed by atoms with E-state index in [1.54, 1.807) is 6.07 Å². The molecule has 74 valence electrons. The van der Waals surface area contributed by atoms with Gasteiger partial charge in [-0.05, 0) is 25.7 Å².